The number of sulfonamides is 1. The van der Waals surface area contributed by atoms with E-state index in [-0.39, 0.29) is 5.84 Å². The van der Waals surface area contributed by atoms with Crippen LogP contribution in [-0.2, 0) is 10.0 Å². The lowest BCUT2D eigenvalue weighted by Crippen LogP contribution is -2.60. The van der Waals surface area contributed by atoms with Crippen molar-refractivity contribution in [2.75, 3.05) is 0 Å². The van der Waals surface area contributed by atoms with Crippen LogP contribution in [0.3, 0.4) is 0 Å². The van der Waals surface area contributed by atoms with Crippen LogP contribution in [0.15, 0.2) is 0 Å². The van der Waals surface area contributed by atoms with Gasteiger partial charge in [0.25, 0.3) is 0 Å². The summed E-state index contributed by atoms with van der Waals surface area (Å²) >= 11 is 0. The highest BCUT2D eigenvalue weighted by Crippen LogP contribution is 2.29. The Kier molecular flexibility index (Phi) is 5.01. The third kappa shape index (κ3) is 3.92. The van der Waals surface area contributed by atoms with Gasteiger partial charge in [-0.1, -0.05) is 32.1 Å². The minimum absolute atomic E-state index is 0.0535. The van der Waals surface area contributed by atoms with Crippen LogP contribution in [-0.4, -0.2) is 24.5 Å². The third-order valence-electron chi connectivity index (χ3n) is 3.86. The Balaban J connectivity index is 3.02. The lowest BCUT2D eigenvalue weighted by atomic mass is 9.84. The molecule has 1 saturated carbocycles. The first-order chi connectivity index (χ1) is 8.61. The van der Waals surface area contributed by atoms with Crippen LogP contribution in [0.4, 0.5) is 0 Å². The first kappa shape index (κ1) is 16.4. The number of hydrogen-bond acceptors (Lipinski definition) is 3. The predicted octanol–water partition coefficient (Wildman–Crippen LogP) is 2.12. The molecule has 1 aliphatic carbocycles. The first-order valence-electron chi connectivity index (χ1n) is 6.99. The summed E-state index contributed by atoms with van der Waals surface area (Å²) in [6, 6.07) is 0. The maximum absolute atomic E-state index is 12.4. The Morgan fingerprint density at radius 1 is 1.11 bits per heavy atom. The fourth-order valence-electron chi connectivity index (χ4n) is 2.35. The van der Waals surface area contributed by atoms with E-state index < -0.39 is 20.3 Å². The molecular formula is C13H27N3O2S. The van der Waals surface area contributed by atoms with E-state index in [4.69, 9.17) is 11.1 Å². The Hall–Kier alpha value is -0.620. The van der Waals surface area contributed by atoms with Crippen LogP contribution in [0.5, 0.6) is 0 Å². The van der Waals surface area contributed by atoms with E-state index in [9.17, 15) is 8.42 Å². The summed E-state index contributed by atoms with van der Waals surface area (Å²) in [6.45, 7) is 4.98. The molecule has 0 heterocycles. The number of amidine groups is 1. The van der Waals surface area contributed by atoms with Gasteiger partial charge in [0.05, 0.1) is 10.3 Å². The van der Waals surface area contributed by atoms with Crippen molar-refractivity contribution < 1.29 is 8.42 Å². The van der Waals surface area contributed by atoms with Crippen LogP contribution in [0.1, 0.15) is 65.7 Å². The van der Waals surface area contributed by atoms with Gasteiger partial charge >= 0.3 is 0 Å². The van der Waals surface area contributed by atoms with Crippen LogP contribution in [0, 0.1) is 5.41 Å². The molecule has 0 saturated heterocycles. The molecule has 5 nitrogen and oxygen atoms in total. The molecule has 112 valence electrons. The molecule has 6 heteroatoms. The van der Waals surface area contributed by atoms with Crippen molar-refractivity contribution in [2.45, 2.75) is 76.0 Å². The molecule has 0 unspecified atom stereocenters. The maximum Gasteiger partial charge on any atom is 0.217 e. The van der Waals surface area contributed by atoms with Crippen molar-refractivity contribution in [1.82, 2.24) is 4.72 Å². The minimum Gasteiger partial charge on any atom is -0.386 e. The average Bonchev–Trinajstić information content (AvgIpc) is 2.19. The summed E-state index contributed by atoms with van der Waals surface area (Å²) < 4.78 is 26.6. The largest absolute Gasteiger partial charge is 0.386 e. The standard InChI is InChI=1S/C13H27N3O2S/c1-12(2,3)19(17,18)16-13(11(14)15)9-7-5-4-6-8-10-13/h16H,4-10H2,1-3H3,(H3,14,15). The second-order valence-electron chi connectivity index (χ2n) is 6.48. The summed E-state index contributed by atoms with van der Waals surface area (Å²) in [4.78, 5) is 0. The second kappa shape index (κ2) is 5.79. The molecule has 0 aromatic heterocycles. The van der Waals surface area contributed by atoms with Gasteiger partial charge in [-0.25, -0.2) is 13.1 Å². The molecule has 4 N–H and O–H groups in total. The molecule has 1 aliphatic rings. The van der Waals surface area contributed by atoms with Gasteiger partial charge in [-0.2, -0.15) is 0 Å². The smallest absolute Gasteiger partial charge is 0.217 e. The van der Waals surface area contributed by atoms with Gasteiger partial charge in [-0.15, -0.1) is 0 Å². The van der Waals surface area contributed by atoms with E-state index in [1.807, 2.05) is 0 Å². The maximum atomic E-state index is 12.4. The number of nitrogens with one attached hydrogen (secondary N) is 2. The van der Waals surface area contributed by atoms with Gasteiger partial charge in [0, 0.05) is 0 Å². The fraction of sp³-hybridized carbons (Fsp3) is 0.923. The van der Waals surface area contributed by atoms with Crippen molar-refractivity contribution in [2.24, 2.45) is 5.73 Å². The zero-order valence-corrected chi connectivity index (χ0v) is 13.1. The molecule has 1 fully saturated rings. The van der Waals surface area contributed by atoms with E-state index in [0.717, 1.165) is 25.7 Å². The van der Waals surface area contributed by atoms with Gasteiger partial charge in [-0.05, 0) is 33.6 Å². The van der Waals surface area contributed by atoms with Gasteiger partial charge in [0.2, 0.25) is 10.0 Å². The van der Waals surface area contributed by atoms with E-state index in [0.29, 0.717) is 12.8 Å². The van der Waals surface area contributed by atoms with E-state index >= 15 is 0 Å². The topological polar surface area (TPSA) is 96.0 Å². The van der Waals surface area contributed by atoms with Crippen LogP contribution < -0.4 is 10.5 Å². The Morgan fingerprint density at radius 3 is 1.89 bits per heavy atom. The first-order valence-corrected chi connectivity index (χ1v) is 8.47. The fourth-order valence-corrected chi connectivity index (χ4v) is 3.48. The summed E-state index contributed by atoms with van der Waals surface area (Å²) in [5, 5.41) is 7.84. The van der Waals surface area contributed by atoms with E-state index in [1.165, 1.54) is 6.42 Å². The number of nitrogens with two attached hydrogens (primary N) is 1. The number of rotatable bonds is 3. The van der Waals surface area contributed by atoms with Crippen LogP contribution in [0.25, 0.3) is 0 Å². The molecule has 0 aliphatic heterocycles. The summed E-state index contributed by atoms with van der Waals surface area (Å²) in [5.41, 5.74) is 4.85. The minimum atomic E-state index is -3.50. The lowest BCUT2D eigenvalue weighted by molar-refractivity contribution is 0.363. The van der Waals surface area contributed by atoms with E-state index in [2.05, 4.69) is 4.72 Å². The highest BCUT2D eigenvalue weighted by Gasteiger charge is 2.41. The molecule has 0 aromatic carbocycles. The molecule has 0 amide bonds. The van der Waals surface area contributed by atoms with Crippen molar-refractivity contribution in [3.05, 3.63) is 0 Å². The molecule has 0 spiro atoms. The monoisotopic (exact) mass is 289 g/mol. The Bertz CT molecular complexity index is 416. The summed E-state index contributed by atoms with van der Waals surface area (Å²) in [6.07, 6.45) is 6.40. The molecule has 1 rings (SSSR count). The number of hydrogen-bond donors (Lipinski definition) is 3. The van der Waals surface area contributed by atoms with Crippen molar-refractivity contribution in [3.8, 4) is 0 Å². The van der Waals surface area contributed by atoms with Crippen molar-refractivity contribution >= 4 is 15.9 Å². The third-order valence-corrected chi connectivity index (χ3v) is 6.13. The highest BCUT2D eigenvalue weighted by molar-refractivity contribution is 7.90. The quantitative estimate of drug-likeness (QED) is 0.548. The van der Waals surface area contributed by atoms with Crippen LogP contribution >= 0.6 is 0 Å². The van der Waals surface area contributed by atoms with Gasteiger partial charge in [0.1, 0.15) is 5.84 Å². The zero-order valence-electron chi connectivity index (χ0n) is 12.3. The highest BCUT2D eigenvalue weighted by atomic mass is 32.2. The molecule has 0 aromatic rings. The van der Waals surface area contributed by atoms with Crippen molar-refractivity contribution in [3.63, 3.8) is 0 Å². The van der Waals surface area contributed by atoms with Crippen LogP contribution in [0.2, 0.25) is 0 Å². The van der Waals surface area contributed by atoms with Gasteiger partial charge < -0.3 is 5.73 Å². The normalized spacial score (nSPS) is 21.4. The Labute approximate surface area is 116 Å². The molecule has 0 atom stereocenters. The van der Waals surface area contributed by atoms with Crippen molar-refractivity contribution in [1.29, 1.82) is 5.41 Å². The predicted molar refractivity (Wildman–Crippen MR) is 78.8 cm³/mol. The Morgan fingerprint density at radius 2 is 1.53 bits per heavy atom. The summed E-state index contributed by atoms with van der Waals surface area (Å²) in [5.74, 6) is -0.0535. The lowest BCUT2D eigenvalue weighted by Gasteiger charge is -2.37. The molecule has 0 bridgehead atoms. The van der Waals surface area contributed by atoms with Gasteiger partial charge in [0.15, 0.2) is 0 Å². The molecular weight excluding hydrogens is 262 g/mol. The van der Waals surface area contributed by atoms with E-state index in [1.54, 1.807) is 20.8 Å². The van der Waals surface area contributed by atoms with Gasteiger partial charge in [-0.3, -0.25) is 5.41 Å². The average molecular weight is 289 g/mol. The molecule has 19 heavy (non-hydrogen) atoms. The summed E-state index contributed by atoms with van der Waals surface area (Å²) in [7, 11) is -3.50. The zero-order chi connectivity index (χ0) is 14.7. The molecule has 0 radical (unpaired) electrons. The SMILES string of the molecule is CC(C)(C)S(=O)(=O)NC1(C(=N)N)CCCCCCC1. The second-order valence-corrected chi connectivity index (χ2v) is 8.92.